The standard InChI is InChI=1S/C19H22N2O3S/c1-14(20-18(22)12-16-8-5-11-25-16)19(23)21-9-10-24-17(13-21)15-6-3-2-4-7-15/h2-8,11,14,17H,9-10,12-13H2,1H3,(H,20,22)/t14-,17?/m1/s1. The Balaban J connectivity index is 1.55. The molecule has 25 heavy (non-hydrogen) atoms. The second-order valence-electron chi connectivity index (χ2n) is 6.10. The fraction of sp³-hybridized carbons (Fsp3) is 0.368. The van der Waals surface area contributed by atoms with Crippen molar-refractivity contribution in [3.63, 3.8) is 0 Å². The van der Waals surface area contributed by atoms with Crippen LogP contribution in [0.4, 0.5) is 0 Å². The lowest BCUT2D eigenvalue weighted by atomic mass is 10.1. The van der Waals surface area contributed by atoms with E-state index < -0.39 is 6.04 Å². The van der Waals surface area contributed by atoms with Gasteiger partial charge in [-0.3, -0.25) is 9.59 Å². The zero-order chi connectivity index (χ0) is 17.6. The Morgan fingerprint density at radius 1 is 1.28 bits per heavy atom. The highest BCUT2D eigenvalue weighted by Crippen LogP contribution is 2.22. The predicted molar refractivity (Wildman–Crippen MR) is 97.3 cm³/mol. The van der Waals surface area contributed by atoms with Crippen LogP contribution in [0.2, 0.25) is 0 Å². The van der Waals surface area contributed by atoms with Crippen molar-refractivity contribution in [1.29, 1.82) is 0 Å². The lowest BCUT2D eigenvalue weighted by Gasteiger charge is -2.34. The first-order valence-electron chi connectivity index (χ1n) is 8.40. The molecule has 3 rings (SSSR count). The van der Waals surface area contributed by atoms with Gasteiger partial charge in [-0.1, -0.05) is 36.4 Å². The summed E-state index contributed by atoms with van der Waals surface area (Å²) < 4.78 is 5.80. The minimum Gasteiger partial charge on any atom is -0.370 e. The molecular weight excluding hydrogens is 336 g/mol. The normalized spacial score (nSPS) is 18.6. The maximum Gasteiger partial charge on any atom is 0.245 e. The summed E-state index contributed by atoms with van der Waals surface area (Å²) in [5.41, 5.74) is 1.06. The number of benzene rings is 1. The SMILES string of the molecule is C[C@@H](NC(=O)Cc1cccs1)C(=O)N1CCOC(c2ccccc2)C1. The van der Waals surface area contributed by atoms with E-state index in [0.717, 1.165) is 10.4 Å². The minimum absolute atomic E-state index is 0.0660. The lowest BCUT2D eigenvalue weighted by Crippen LogP contribution is -2.51. The second kappa shape index (κ2) is 8.27. The number of carbonyl (C=O) groups excluding carboxylic acids is 2. The molecule has 1 aliphatic rings. The first-order chi connectivity index (χ1) is 12.1. The zero-order valence-corrected chi connectivity index (χ0v) is 15.0. The van der Waals surface area contributed by atoms with Gasteiger partial charge in [-0.05, 0) is 23.9 Å². The molecule has 1 saturated heterocycles. The molecule has 2 heterocycles. The van der Waals surface area contributed by atoms with Crippen LogP contribution in [0.15, 0.2) is 47.8 Å². The first-order valence-corrected chi connectivity index (χ1v) is 9.28. The van der Waals surface area contributed by atoms with E-state index in [1.54, 1.807) is 23.2 Å². The molecule has 0 radical (unpaired) electrons. The molecule has 1 aliphatic heterocycles. The molecule has 0 bridgehead atoms. The summed E-state index contributed by atoms with van der Waals surface area (Å²) in [4.78, 5) is 27.5. The molecule has 1 unspecified atom stereocenters. The molecule has 1 N–H and O–H groups in total. The van der Waals surface area contributed by atoms with Crippen molar-refractivity contribution in [3.05, 3.63) is 58.3 Å². The zero-order valence-electron chi connectivity index (χ0n) is 14.2. The third kappa shape index (κ3) is 4.67. The van der Waals surface area contributed by atoms with Crippen molar-refractivity contribution in [1.82, 2.24) is 10.2 Å². The number of hydrogen-bond acceptors (Lipinski definition) is 4. The molecule has 0 spiro atoms. The van der Waals surface area contributed by atoms with Gasteiger partial charge in [0.15, 0.2) is 0 Å². The van der Waals surface area contributed by atoms with Crippen LogP contribution in [0.5, 0.6) is 0 Å². The van der Waals surface area contributed by atoms with Crippen LogP contribution in [0.1, 0.15) is 23.5 Å². The summed E-state index contributed by atoms with van der Waals surface area (Å²) in [5, 5.41) is 4.74. The third-order valence-corrected chi connectivity index (χ3v) is 5.09. The van der Waals surface area contributed by atoms with E-state index in [1.165, 1.54) is 0 Å². The maximum absolute atomic E-state index is 12.7. The molecule has 1 aromatic carbocycles. The van der Waals surface area contributed by atoms with Crippen LogP contribution in [0.25, 0.3) is 0 Å². The highest BCUT2D eigenvalue weighted by atomic mass is 32.1. The van der Waals surface area contributed by atoms with E-state index in [0.29, 0.717) is 26.1 Å². The summed E-state index contributed by atoms with van der Waals surface area (Å²) in [6, 6.07) is 13.2. The van der Waals surface area contributed by atoms with Crippen molar-refractivity contribution >= 4 is 23.2 Å². The van der Waals surface area contributed by atoms with E-state index in [4.69, 9.17) is 4.74 Å². The molecule has 1 aromatic heterocycles. The fourth-order valence-corrected chi connectivity index (χ4v) is 3.62. The molecular formula is C19H22N2O3S. The summed E-state index contributed by atoms with van der Waals surface area (Å²) >= 11 is 1.54. The number of rotatable bonds is 5. The topological polar surface area (TPSA) is 58.6 Å². The Hall–Kier alpha value is -2.18. The Morgan fingerprint density at radius 3 is 2.80 bits per heavy atom. The minimum atomic E-state index is -0.540. The number of amides is 2. The average molecular weight is 358 g/mol. The van der Waals surface area contributed by atoms with Crippen LogP contribution in [-0.4, -0.2) is 42.5 Å². The first kappa shape index (κ1) is 17.6. The Labute approximate surface area is 151 Å². The molecule has 0 aliphatic carbocycles. The highest BCUT2D eigenvalue weighted by Gasteiger charge is 2.28. The number of hydrogen-bond donors (Lipinski definition) is 1. The van der Waals surface area contributed by atoms with E-state index in [9.17, 15) is 9.59 Å². The number of ether oxygens (including phenoxy) is 1. The van der Waals surface area contributed by atoms with Gasteiger partial charge in [0.25, 0.3) is 0 Å². The van der Waals surface area contributed by atoms with Gasteiger partial charge >= 0.3 is 0 Å². The fourth-order valence-electron chi connectivity index (χ4n) is 2.92. The summed E-state index contributed by atoms with van der Waals surface area (Å²) in [6.07, 6.45) is 0.193. The Kier molecular flexibility index (Phi) is 5.83. The molecule has 5 nitrogen and oxygen atoms in total. The second-order valence-corrected chi connectivity index (χ2v) is 7.13. The van der Waals surface area contributed by atoms with Crippen LogP contribution in [0.3, 0.4) is 0 Å². The number of morpholine rings is 1. The molecule has 2 amide bonds. The van der Waals surface area contributed by atoms with Crippen LogP contribution >= 0.6 is 11.3 Å². The number of thiophene rings is 1. The molecule has 6 heteroatoms. The smallest absolute Gasteiger partial charge is 0.245 e. The van der Waals surface area contributed by atoms with Crippen molar-refractivity contribution in [2.45, 2.75) is 25.5 Å². The molecule has 0 saturated carbocycles. The monoisotopic (exact) mass is 358 g/mol. The van der Waals surface area contributed by atoms with Gasteiger partial charge in [-0.2, -0.15) is 0 Å². The van der Waals surface area contributed by atoms with Gasteiger partial charge < -0.3 is 15.0 Å². The molecule has 2 aromatic rings. The van der Waals surface area contributed by atoms with E-state index in [2.05, 4.69) is 5.32 Å². The van der Waals surface area contributed by atoms with Crippen molar-refractivity contribution in [2.75, 3.05) is 19.7 Å². The quantitative estimate of drug-likeness (QED) is 0.893. The third-order valence-electron chi connectivity index (χ3n) is 4.21. The van der Waals surface area contributed by atoms with Gasteiger partial charge in [-0.25, -0.2) is 0 Å². The largest absolute Gasteiger partial charge is 0.370 e. The van der Waals surface area contributed by atoms with Crippen molar-refractivity contribution in [2.24, 2.45) is 0 Å². The summed E-state index contributed by atoms with van der Waals surface area (Å²) in [6.45, 7) is 3.30. The Bertz CT molecular complexity index is 703. The van der Waals surface area contributed by atoms with Crippen LogP contribution < -0.4 is 5.32 Å². The van der Waals surface area contributed by atoms with Gasteiger partial charge in [0.2, 0.25) is 11.8 Å². The van der Waals surface area contributed by atoms with Crippen LogP contribution in [-0.2, 0) is 20.7 Å². The van der Waals surface area contributed by atoms with Gasteiger partial charge in [0.1, 0.15) is 12.1 Å². The van der Waals surface area contributed by atoms with Gasteiger partial charge in [-0.15, -0.1) is 11.3 Å². The highest BCUT2D eigenvalue weighted by molar-refractivity contribution is 7.10. The summed E-state index contributed by atoms with van der Waals surface area (Å²) in [5.74, 6) is -0.195. The van der Waals surface area contributed by atoms with Crippen LogP contribution in [0, 0.1) is 0 Å². The predicted octanol–water partition coefficient (Wildman–Crippen LogP) is 2.40. The maximum atomic E-state index is 12.7. The summed E-state index contributed by atoms with van der Waals surface area (Å²) in [7, 11) is 0. The van der Waals surface area contributed by atoms with E-state index in [1.807, 2.05) is 47.8 Å². The van der Waals surface area contributed by atoms with E-state index >= 15 is 0 Å². The molecule has 132 valence electrons. The Morgan fingerprint density at radius 2 is 2.08 bits per heavy atom. The molecule has 2 atom stereocenters. The number of nitrogens with one attached hydrogen (secondary N) is 1. The van der Waals surface area contributed by atoms with Gasteiger partial charge in [0, 0.05) is 11.4 Å². The van der Waals surface area contributed by atoms with Crippen molar-refractivity contribution in [3.8, 4) is 0 Å². The molecule has 1 fully saturated rings. The number of carbonyl (C=O) groups is 2. The van der Waals surface area contributed by atoms with Crippen molar-refractivity contribution < 1.29 is 14.3 Å². The van der Waals surface area contributed by atoms with E-state index in [-0.39, 0.29) is 17.9 Å². The van der Waals surface area contributed by atoms with Gasteiger partial charge in [0.05, 0.1) is 19.6 Å². The average Bonchev–Trinajstić information content (AvgIpc) is 3.14. The lowest BCUT2D eigenvalue weighted by molar-refractivity contribution is -0.142. The number of nitrogens with zero attached hydrogens (tertiary/aromatic N) is 1.